The Hall–Kier alpha value is -4.72. The molecule has 7 rings (SSSR count). The van der Waals surface area contributed by atoms with Gasteiger partial charge in [0.15, 0.2) is 5.82 Å². The van der Waals surface area contributed by atoms with Crippen molar-refractivity contribution in [2.45, 2.75) is 26.1 Å². The Kier molecular flexibility index (Phi) is 4.75. The summed E-state index contributed by atoms with van der Waals surface area (Å²) in [7, 11) is 1.96. The van der Waals surface area contributed by atoms with Gasteiger partial charge < -0.3 is 14.5 Å². The van der Waals surface area contributed by atoms with Crippen LogP contribution in [-0.2, 0) is 37.9 Å². The molecule has 0 bridgehead atoms. The molecule has 0 fully saturated rings. The van der Waals surface area contributed by atoms with E-state index in [4.69, 9.17) is 4.98 Å². The smallest absolute Gasteiger partial charge is 0.261 e. The number of carbonyl (C=O) groups is 1. The minimum Gasteiger partial charge on any atom is -0.347 e. The normalized spacial score (nSPS) is 12.7. The first-order chi connectivity index (χ1) is 18.1. The van der Waals surface area contributed by atoms with E-state index in [1.165, 1.54) is 0 Å². The monoisotopic (exact) mass is 488 g/mol. The van der Waals surface area contributed by atoms with Crippen LogP contribution in [0.2, 0.25) is 0 Å². The Balaban J connectivity index is 1.29. The molecule has 0 unspecified atom stereocenters. The Labute approximate surface area is 211 Å². The molecule has 1 aliphatic heterocycles. The Bertz CT molecular complexity index is 1930. The van der Waals surface area contributed by atoms with Gasteiger partial charge in [-0.3, -0.25) is 14.2 Å². The van der Waals surface area contributed by atoms with Gasteiger partial charge in [0.2, 0.25) is 5.91 Å². The molecular weight excluding hydrogens is 464 g/mol. The summed E-state index contributed by atoms with van der Waals surface area (Å²) in [5.74, 6) is 1.28. The van der Waals surface area contributed by atoms with Crippen LogP contribution in [0.25, 0.3) is 44.4 Å². The molecule has 1 amide bonds. The number of nitrogens with zero attached hydrogens (tertiary/aromatic N) is 5. The number of hydrogen-bond donors (Lipinski definition) is 1. The lowest BCUT2D eigenvalue weighted by atomic mass is 10.0. The summed E-state index contributed by atoms with van der Waals surface area (Å²) in [6.07, 6.45) is 0.706. The highest BCUT2D eigenvalue weighted by atomic mass is 16.2. The average Bonchev–Trinajstić information content (AvgIpc) is 3.42. The molecule has 0 spiro atoms. The Morgan fingerprint density at radius 2 is 1.59 bits per heavy atom. The molecule has 37 heavy (non-hydrogen) atoms. The molecule has 0 aliphatic carbocycles. The molecule has 1 aliphatic rings. The van der Waals surface area contributed by atoms with Crippen LogP contribution in [0, 0.1) is 0 Å². The average molecular weight is 489 g/mol. The number of aromatic nitrogens is 5. The van der Waals surface area contributed by atoms with Crippen LogP contribution in [-0.4, -0.2) is 29.6 Å². The van der Waals surface area contributed by atoms with Gasteiger partial charge >= 0.3 is 0 Å². The van der Waals surface area contributed by atoms with Gasteiger partial charge in [-0.25, -0.2) is 9.97 Å². The summed E-state index contributed by atoms with van der Waals surface area (Å²) in [6.45, 7) is 0.999. The number of amides is 1. The van der Waals surface area contributed by atoms with Crippen LogP contribution in [0.3, 0.4) is 0 Å². The molecule has 182 valence electrons. The zero-order valence-corrected chi connectivity index (χ0v) is 20.3. The summed E-state index contributed by atoms with van der Waals surface area (Å²) in [5.41, 5.74) is 5.47. The van der Waals surface area contributed by atoms with Gasteiger partial charge in [0, 0.05) is 24.5 Å². The second kappa shape index (κ2) is 8.16. The number of hydrogen-bond acceptors (Lipinski definition) is 4. The van der Waals surface area contributed by atoms with Crippen LogP contribution in [0.15, 0.2) is 77.6 Å². The zero-order valence-electron chi connectivity index (χ0n) is 20.3. The molecule has 0 atom stereocenters. The largest absolute Gasteiger partial charge is 0.347 e. The van der Waals surface area contributed by atoms with Crippen LogP contribution in [0.4, 0.5) is 0 Å². The molecule has 0 saturated carbocycles. The predicted molar refractivity (Wildman–Crippen MR) is 143 cm³/mol. The highest BCUT2D eigenvalue weighted by Crippen LogP contribution is 2.36. The molecule has 6 aromatic rings. The van der Waals surface area contributed by atoms with E-state index in [2.05, 4.69) is 16.4 Å². The SMILES string of the molecule is Cn1c(CNC(=O)Cn2c3c(c4ccccc42)CCn2c-3nc3ccccc3c2=O)nc2ccccc21. The van der Waals surface area contributed by atoms with Crippen molar-refractivity contribution < 1.29 is 4.79 Å². The lowest BCUT2D eigenvalue weighted by molar-refractivity contribution is -0.121. The van der Waals surface area contributed by atoms with Crippen molar-refractivity contribution in [2.75, 3.05) is 0 Å². The minimum absolute atomic E-state index is 0.0469. The Morgan fingerprint density at radius 3 is 2.41 bits per heavy atom. The molecule has 0 saturated heterocycles. The summed E-state index contributed by atoms with van der Waals surface area (Å²) in [4.78, 5) is 36.2. The van der Waals surface area contributed by atoms with E-state index in [9.17, 15) is 9.59 Å². The van der Waals surface area contributed by atoms with Crippen molar-refractivity contribution in [3.8, 4) is 11.5 Å². The van der Waals surface area contributed by atoms with Gasteiger partial charge in [-0.15, -0.1) is 0 Å². The maximum Gasteiger partial charge on any atom is 0.261 e. The zero-order chi connectivity index (χ0) is 25.1. The third-order valence-corrected chi connectivity index (χ3v) is 7.36. The Morgan fingerprint density at radius 1 is 0.892 bits per heavy atom. The maximum absolute atomic E-state index is 13.3. The van der Waals surface area contributed by atoms with Gasteiger partial charge in [0.1, 0.15) is 12.4 Å². The third kappa shape index (κ3) is 3.29. The van der Waals surface area contributed by atoms with E-state index in [-0.39, 0.29) is 18.0 Å². The van der Waals surface area contributed by atoms with Gasteiger partial charge in [-0.1, -0.05) is 42.5 Å². The van der Waals surface area contributed by atoms with Gasteiger partial charge in [-0.2, -0.15) is 0 Å². The fourth-order valence-corrected chi connectivity index (χ4v) is 5.56. The highest BCUT2D eigenvalue weighted by molar-refractivity contribution is 5.94. The molecular formula is C29H24N6O2. The van der Waals surface area contributed by atoms with Crippen molar-refractivity contribution in [2.24, 2.45) is 7.05 Å². The minimum atomic E-state index is -0.129. The lowest BCUT2D eigenvalue weighted by Crippen LogP contribution is -2.31. The van der Waals surface area contributed by atoms with Crippen molar-refractivity contribution in [3.63, 3.8) is 0 Å². The number of fused-ring (bicyclic) bond motifs is 7. The number of aryl methyl sites for hydroxylation is 2. The molecule has 8 nitrogen and oxygen atoms in total. The molecule has 0 radical (unpaired) electrons. The van der Waals surface area contributed by atoms with E-state index in [0.717, 1.165) is 39.0 Å². The second-order valence-electron chi connectivity index (χ2n) is 9.44. The molecule has 3 aromatic heterocycles. The fourth-order valence-electron chi connectivity index (χ4n) is 5.56. The van der Waals surface area contributed by atoms with E-state index in [1.807, 2.05) is 82.9 Å². The number of nitrogens with one attached hydrogen (secondary N) is 1. The number of imidazole rings is 1. The molecule has 3 aromatic carbocycles. The van der Waals surface area contributed by atoms with Crippen LogP contribution < -0.4 is 10.9 Å². The van der Waals surface area contributed by atoms with E-state index < -0.39 is 0 Å². The summed E-state index contributed by atoms with van der Waals surface area (Å²) in [5, 5.41) is 4.74. The first kappa shape index (κ1) is 21.6. The first-order valence-electron chi connectivity index (χ1n) is 12.4. The molecule has 8 heteroatoms. The third-order valence-electron chi connectivity index (χ3n) is 7.36. The quantitative estimate of drug-likeness (QED) is 0.409. The second-order valence-corrected chi connectivity index (χ2v) is 9.44. The standard InChI is InChI=1S/C29H24N6O2/c1-33-24-13-7-5-11-22(24)31-25(33)16-30-26(36)17-35-23-12-6-3-8-18(23)19-14-15-34-28(27(19)35)32-21-10-4-2-9-20(21)29(34)37/h2-13H,14-17H2,1H3,(H,30,36). The van der Waals surface area contributed by atoms with E-state index in [1.54, 1.807) is 4.57 Å². The van der Waals surface area contributed by atoms with E-state index in [0.29, 0.717) is 36.2 Å². The van der Waals surface area contributed by atoms with Crippen molar-refractivity contribution >= 4 is 38.7 Å². The number of para-hydroxylation sites is 4. The molecule has 1 N–H and O–H groups in total. The predicted octanol–water partition coefficient (Wildman–Crippen LogP) is 3.78. The van der Waals surface area contributed by atoms with Crippen LogP contribution >= 0.6 is 0 Å². The fraction of sp³-hybridized carbons (Fsp3) is 0.172. The van der Waals surface area contributed by atoms with Crippen molar-refractivity contribution in [1.82, 2.24) is 29.0 Å². The summed E-state index contributed by atoms with van der Waals surface area (Å²) in [6, 6.07) is 23.4. The van der Waals surface area contributed by atoms with Gasteiger partial charge in [-0.05, 0) is 42.3 Å². The van der Waals surface area contributed by atoms with E-state index >= 15 is 0 Å². The number of carbonyl (C=O) groups excluding carboxylic acids is 1. The van der Waals surface area contributed by atoms with Crippen molar-refractivity contribution in [1.29, 1.82) is 0 Å². The number of rotatable bonds is 4. The summed E-state index contributed by atoms with van der Waals surface area (Å²) < 4.78 is 5.75. The topological polar surface area (TPSA) is 86.7 Å². The lowest BCUT2D eigenvalue weighted by Gasteiger charge is -2.21. The molecule has 4 heterocycles. The highest BCUT2D eigenvalue weighted by Gasteiger charge is 2.28. The number of benzene rings is 3. The first-order valence-corrected chi connectivity index (χ1v) is 12.4. The van der Waals surface area contributed by atoms with Gasteiger partial charge in [0.05, 0.1) is 34.2 Å². The van der Waals surface area contributed by atoms with Gasteiger partial charge in [0.25, 0.3) is 5.56 Å². The van der Waals surface area contributed by atoms with Crippen LogP contribution in [0.1, 0.15) is 11.4 Å². The van der Waals surface area contributed by atoms with Crippen LogP contribution in [0.5, 0.6) is 0 Å². The summed E-state index contributed by atoms with van der Waals surface area (Å²) >= 11 is 0. The maximum atomic E-state index is 13.3. The van der Waals surface area contributed by atoms with Crippen molar-refractivity contribution in [3.05, 3.63) is 94.5 Å².